The lowest BCUT2D eigenvalue weighted by molar-refractivity contribution is 0.159. The van der Waals surface area contributed by atoms with E-state index in [1.807, 2.05) is 20.8 Å². The van der Waals surface area contributed by atoms with Crippen LogP contribution in [0.2, 0.25) is 0 Å². The summed E-state index contributed by atoms with van der Waals surface area (Å²) in [7, 11) is -4.08. The molecule has 0 heterocycles. The average molecular weight is 289 g/mol. The van der Waals surface area contributed by atoms with E-state index in [2.05, 4.69) is 5.32 Å². The Morgan fingerprint density at radius 2 is 1.74 bits per heavy atom. The van der Waals surface area contributed by atoms with E-state index < -0.39 is 10.1 Å². The van der Waals surface area contributed by atoms with E-state index in [0.717, 1.165) is 6.54 Å². The van der Waals surface area contributed by atoms with Crippen molar-refractivity contribution in [2.75, 3.05) is 6.54 Å². The molecule has 0 radical (unpaired) electrons. The fourth-order valence-corrected chi connectivity index (χ4v) is 2.34. The highest BCUT2D eigenvalue weighted by Gasteiger charge is 2.15. The number of aliphatic hydroxyl groups is 1. The molecular formula is C13H23NO4S. The molecule has 0 amide bonds. The zero-order valence-corrected chi connectivity index (χ0v) is 12.6. The Labute approximate surface area is 115 Å². The van der Waals surface area contributed by atoms with E-state index >= 15 is 0 Å². The normalized spacial score (nSPS) is 12.8. The van der Waals surface area contributed by atoms with Crippen molar-refractivity contribution in [3.8, 4) is 0 Å². The Hall–Kier alpha value is -0.950. The van der Waals surface area contributed by atoms with Gasteiger partial charge in [0.05, 0.1) is 4.90 Å². The summed E-state index contributed by atoms with van der Waals surface area (Å²) >= 11 is 0. The van der Waals surface area contributed by atoms with Gasteiger partial charge in [-0.05, 0) is 31.0 Å². The van der Waals surface area contributed by atoms with Crippen LogP contribution in [0.5, 0.6) is 0 Å². The summed E-state index contributed by atoms with van der Waals surface area (Å²) in [5.41, 5.74) is 0.644. The molecule has 1 aromatic carbocycles. The molecule has 1 atom stereocenters. The third kappa shape index (κ3) is 7.27. The molecule has 0 aliphatic rings. The van der Waals surface area contributed by atoms with Gasteiger partial charge in [0.2, 0.25) is 0 Å². The van der Waals surface area contributed by atoms with Crippen molar-refractivity contribution in [1.29, 1.82) is 0 Å². The summed E-state index contributed by atoms with van der Waals surface area (Å²) in [6.45, 7) is 8.24. The minimum atomic E-state index is -4.08. The number of benzene rings is 1. The number of aliphatic hydroxyl groups excluding tert-OH is 1. The summed E-state index contributed by atoms with van der Waals surface area (Å²) in [5, 5.41) is 11.2. The third-order valence-corrected chi connectivity index (χ3v) is 3.25. The van der Waals surface area contributed by atoms with Crippen molar-refractivity contribution < 1.29 is 18.1 Å². The van der Waals surface area contributed by atoms with Gasteiger partial charge in [0, 0.05) is 0 Å². The second-order valence-corrected chi connectivity index (χ2v) is 5.79. The maximum absolute atomic E-state index is 10.9. The molecule has 6 heteroatoms. The van der Waals surface area contributed by atoms with Crippen LogP contribution in [0.4, 0.5) is 0 Å². The molecule has 19 heavy (non-hydrogen) atoms. The SMILES string of the molecule is CC(C)c1ccccc1S(=O)(=O)O.CCNC(C)O. The molecule has 0 bridgehead atoms. The largest absolute Gasteiger partial charge is 0.379 e. The molecule has 3 N–H and O–H groups in total. The summed E-state index contributed by atoms with van der Waals surface area (Å²) in [4.78, 5) is 0.00463. The molecule has 110 valence electrons. The topological polar surface area (TPSA) is 86.6 Å². The smallest absolute Gasteiger partial charge is 0.294 e. The molecule has 0 fully saturated rings. The predicted octanol–water partition coefficient (Wildman–Crippen LogP) is 1.99. The van der Waals surface area contributed by atoms with Crippen molar-refractivity contribution in [1.82, 2.24) is 5.32 Å². The van der Waals surface area contributed by atoms with Crippen LogP contribution in [0.25, 0.3) is 0 Å². The van der Waals surface area contributed by atoms with Crippen molar-refractivity contribution in [3.63, 3.8) is 0 Å². The first-order valence-electron chi connectivity index (χ1n) is 6.18. The number of hydrogen-bond donors (Lipinski definition) is 3. The monoisotopic (exact) mass is 289 g/mol. The van der Waals surface area contributed by atoms with E-state index in [1.165, 1.54) is 6.07 Å². The Morgan fingerprint density at radius 1 is 1.21 bits per heavy atom. The minimum Gasteiger partial charge on any atom is -0.379 e. The van der Waals surface area contributed by atoms with Crippen molar-refractivity contribution in [3.05, 3.63) is 29.8 Å². The maximum atomic E-state index is 10.9. The van der Waals surface area contributed by atoms with Gasteiger partial charge in [-0.2, -0.15) is 8.42 Å². The van der Waals surface area contributed by atoms with Crippen molar-refractivity contribution in [2.24, 2.45) is 0 Å². The lowest BCUT2D eigenvalue weighted by Crippen LogP contribution is -2.24. The molecular weight excluding hydrogens is 266 g/mol. The quantitative estimate of drug-likeness (QED) is 0.583. The van der Waals surface area contributed by atoms with Gasteiger partial charge in [-0.3, -0.25) is 9.87 Å². The third-order valence-electron chi connectivity index (χ3n) is 2.32. The van der Waals surface area contributed by atoms with E-state index in [0.29, 0.717) is 5.56 Å². The number of hydrogen-bond acceptors (Lipinski definition) is 4. The van der Waals surface area contributed by atoms with Crippen LogP contribution in [0.1, 0.15) is 39.2 Å². The number of rotatable bonds is 4. The van der Waals surface area contributed by atoms with E-state index in [4.69, 9.17) is 9.66 Å². The molecule has 1 unspecified atom stereocenters. The highest BCUT2D eigenvalue weighted by molar-refractivity contribution is 7.85. The average Bonchev–Trinajstić information content (AvgIpc) is 2.28. The molecule has 0 saturated heterocycles. The summed E-state index contributed by atoms with van der Waals surface area (Å²) in [5.74, 6) is 0.0816. The second-order valence-electron chi connectivity index (χ2n) is 4.40. The molecule has 0 aliphatic carbocycles. The van der Waals surface area contributed by atoms with Gasteiger partial charge in [0.25, 0.3) is 10.1 Å². The predicted molar refractivity (Wildman–Crippen MR) is 75.7 cm³/mol. The first-order chi connectivity index (χ1) is 8.70. The lowest BCUT2D eigenvalue weighted by Gasteiger charge is -2.09. The Morgan fingerprint density at radius 3 is 2.00 bits per heavy atom. The van der Waals surface area contributed by atoms with Gasteiger partial charge in [0.1, 0.15) is 6.23 Å². The maximum Gasteiger partial charge on any atom is 0.294 e. The van der Waals surface area contributed by atoms with Crippen LogP contribution in [0.15, 0.2) is 29.2 Å². The van der Waals surface area contributed by atoms with Gasteiger partial charge in [-0.1, -0.05) is 39.0 Å². The van der Waals surface area contributed by atoms with Gasteiger partial charge >= 0.3 is 0 Å². The molecule has 5 nitrogen and oxygen atoms in total. The van der Waals surface area contributed by atoms with Crippen LogP contribution in [0.3, 0.4) is 0 Å². The van der Waals surface area contributed by atoms with Gasteiger partial charge in [-0.15, -0.1) is 0 Å². The first-order valence-corrected chi connectivity index (χ1v) is 7.62. The van der Waals surface area contributed by atoms with Crippen molar-refractivity contribution in [2.45, 2.75) is 44.7 Å². The summed E-state index contributed by atoms with van der Waals surface area (Å²) < 4.78 is 30.7. The second kappa shape index (κ2) is 8.27. The van der Waals surface area contributed by atoms with Crippen LogP contribution in [0, 0.1) is 0 Å². The van der Waals surface area contributed by atoms with Crippen LogP contribution in [-0.2, 0) is 10.1 Å². The molecule has 1 aromatic rings. The van der Waals surface area contributed by atoms with E-state index in [9.17, 15) is 8.42 Å². The molecule has 0 aliphatic heterocycles. The van der Waals surface area contributed by atoms with E-state index in [-0.39, 0.29) is 17.0 Å². The lowest BCUT2D eigenvalue weighted by atomic mass is 10.0. The fourth-order valence-electron chi connectivity index (χ4n) is 1.49. The molecule has 1 rings (SSSR count). The Balaban J connectivity index is 0.000000459. The zero-order chi connectivity index (χ0) is 15.1. The summed E-state index contributed by atoms with van der Waals surface area (Å²) in [6.07, 6.45) is -0.352. The van der Waals surface area contributed by atoms with Gasteiger partial charge in [0.15, 0.2) is 0 Å². The number of nitrogens with one attached hydrogen (secondary N) is 1. The van der Waals surface area contributed by atoms with Crippen molar-refractivity contribution >= 4 is 10.1 Å². The minimum absolute atomic E-state index is 0.00463. The zero-order valence-electron chi connectivity index (χ0n) is 11.8. The van der Waals surface area contributed by atoms with Crippen LogP contribution in [-0.4, -0.2) is 30.8 Å². The Bertz CT molecular complexity index is 469. The highest BCUT2D eigenvalue weighted by atomic mass is 32.2. The molecule has 0 aromatic heterocycles. The van der Waals surface area contributed by atoms with Gasteiger partial charge in [-0.25, -0.2) is 0 Å². The Kier molecular flexibility index (Phi) is 7.85. The van der Waals surface area contributed by atoms with Crippen LogP contribution >= 0.6 is 0 Å². The summed E-state index contributed by atoms with van der Waals surface area (Å²) in [6, 6.07) is 6.46. The fraction of sp³-hybridized carbons (Fsp3) is 0.538. The first kappa shape index (κ1) is 18.0. The standard InChI is InChI=1S/C9H12O3S.C4H11NO/c1-7(2)8-5-3-4-6-9(8)13(10,11)12;1-3-5-4(2)6/h3-7H,1-2H3,(H,10,11,12);4-6H,3H2,1-2H3. The molecule has 0 saturated carbocycles. The van der Waals surface area contributed by atoms with Gasteiger partial charge < -0.3 is 5.11 Å². The molecule has 0 spiro atoms. The van der Waals surface area contributed by atoms with Crippen LogP contribution < -0.4 is 5.32 Å². The van der Waals surface area contributed by atoms with E-state index in [1.54, 1.807) is 25.1 Å². The highest BCUT2D eigenvalue weighted by Crippen LogP contribution is 2.22.